The minimum absolute atomic E-state index is 0.0432. The molecule has 0 spiro atoms. The second kappa shape index (κ2) is 4.83. The molecule has 0 bridgehead atoms. The van der Waals surface area contributed by atoms with Gasteiger partial charge in [-0.3, -0.25) is 9.36 Å². The third-order valence-electron chi connectivity index (χ3n) is 4.46. The molecule has 3 nitrogen and oxygen atoms in total. The molecule has 0 aliphatic heterocycles. The van der Waals surface area contributed by atoms with Crippen molar-refractivity contribution < 1.29 is 0 Å². The highest BCUT2D eigenvalue weighted by Gasteiger charge is 2.15. The lowest BCUT2D eigenvalue weighted by atomic mass is 10.0. The molecule has 4 heteroatoms. The molecule has 0 unspecified atom stereocenters. The van der Waals surface area contributed by atoms with Crippen LogP contribution in [0.3, 0.4) is 0 Å². The summed E-state index contributed by atoms with van der Waals surface area (Å²) < 4.78 is 1.73. The Morgan fingerprint density at radius 1 is 1.00 bits per heavy atom. The van der Waals surface area contributed by atoms with Crippen molar-refractivity contribution in [2.75, 3.05) is 0 Å². The van der Waals surface area contributed by atoms with E-state index in [1.807, 2.05) is 13.1 Å². The van der Waals surface area contributed by atoms with Crippen molar-refractivity contribution in [1.82, 2.24) is 9.55 Å². The van der Waals surface area contributed by atoms with E-state index in [2.05, 4.69) is 50.0 Å². The van der Waals surface area contributed by atoms with Gasteiger partial charge < -0.3 is 4.98 Å². The summed E-state index contributed by atoms with van der Waals surface area (Å²) in [4.78, 5) is 18.6. The molecule has 0 aliphatic carbocycles. The first-order chi connectivity index (χ1) is 11.0. The SMILES string of the molecule is Cc1ccc2[nH]c3c(cc(-c4cc(C)sc4C)c(=O)n3C)c2c1. The van der Waals surface area contributed by atoms with Crippen molar-refractivity contribution in [3.05, 3.63) is 56.0 Å². The van der Waals surface area contributed by atoms with Crippen LogP contribution in [0.2, 0.25) is 0 Å². The van der Waals surface area contributed by atoms with Gasteiger partial charge >= 0.3 is 0 Å². The van der Waals surface area contributed by atoms with E-state index in [-0.39, 0.29) is 5.56 Å². The Balaban J connectivity index is 2.16. The number of thiophene rings is 1. The van der Waals surface area contributed by atoms with Gasteiger partial charge in [-0.25, -0.2) is 0 Å². The van der Waals surface area contributed by atoms with Crippen LogP contribution in [0.25, 0.3) is 33.1 Å². The van der Waals surface area contributed by atoms with Gasteiger partial charge in [0.1, 0.15) is 5.65 Å². The topological polar surface area (TPSA) is 37.8 Å². The van der Waals surface area contributed by atoms with E-state index < -0.39 is 0 Å². The van der Waals surface area contributed by atoms with Crippen LogP contribution >= 0.6 is 11.3 Å². The molecule has 116 valence electrons. The predicted octanol–water partition coefficient (Wildman–Crippen LogP) is 4.67. The summed E-state index contributed by atoms with van der Waals surface area (Å²) in [6, 6.07) is 10.5. The molecular weight excluding hydrogens is 304 g/mol. The molecule has 0 saturated carbocycles. The Bertz CT molecular complexity index is 1130. The fourth-order valence-corrected chi connectivity index (χ4v) is 4.24. The van der Waals surface area contributed by atoms with Gasteiger partial charge in [-0.1, -0.05) is 11.6 Å². The third kappa shape index (κ3) is 2.05. The smallest absolute Gasteiger partial charge is 0.259 e. The summed E-state index contributed by atoms with van der Waals surface area (Å²) in [5.41, 5.74) is 5.04. The van der Waals surface area contributed by atoms with Gasteiger partial charge in [0.05, 0.1) is 0 Å². The molecule has 3 aromatic heterocycles. The molecule has 4 aromatic rings. The van der Waals surface area contributed by atoms with Gasteiger partial charge in [0.25, 0.3) is 5.56 Å². The van der Waals surface area contributed by atoms with Crippen LogP contribution in [-0.2, 0) is 7.05 Å². The predicted molar refractivity (Wildman–Crippen MR) is 98.6 cm³/mol. The number of benzene rings is 1. The van der Waals surface area contributed by atoms with Crippen LogP contribution < -0.4 is 5.56 Å². The number of aryl methyl sites for hydroxylation is 4. The minimum atomic E-state index is 0.0432. The number of nitrogens with one attached hydrogen (secondary N) is 1. The van der Waals surface area contributed by atoms with Crippen LogP contribution in [-0.4, -0.2) is 9.55 Å². The van der Waals surface area contributed by atoms with Crippen molar-refractivity contribution in [3.8, 4) is 11.1 Å². The van der Waals surface area contributed by atoms with Crippen molar-refractivity contribution in [2.24, 2.45) is 7.05 Å². The Labute approximate surface area is 138 Å². The maximum atomic E-state index is 12.8. The number of H-pyrrole nitrogens is 1. The Morgan fingerprint density at radius 3 is 2.48 bits per heavy atom. The van der Waals surface area contributed by atoms with Crippen molar-refractivity contribution in [3.63, 3.8) is 0 Å². The third-order valence-corrected chi connectivity index (χ3v) is 5.43. The van der Waals surface area contributed by atoms with E-state index in [0.717, 1.165) is 27.7 Å². The fourth-order valence-electron chi connectivity index (χ4n) is 3.30. The molecule has 0 amide bonds. The number of aromatic amines is 1. The molecule has 0 radical (unpaired) electrons. The van der Waals surface area contributed by atoms with E-state index >= 15 is 0 Å². The second-order valence-corrected chi connectivity index (χ2v) is 7.65. The number of fused-ring (bicyclic) bond motifs is 3. The quantitative estimate of drug-likeness (QED) is 0.543. The maximum Gasteiger partial charge on any atom is 0.259 e. The van der Waals surface area contributed by atoms with Crippen molar-refractivity contribution >= 4 is 33.3 Å². The van der Waals surface area contributed by atoms with E-state index in [1.54, 1.807) is 15.9 Å². The van der Waals surface area contributed by atoms with Crippen molar-refractivity contribution in [2.45, 2.75) is 20.8 Å². The molecule has 23 heavy (non-hydrogen) atoms. The Hall–Kier alpha value is -2.33. The molecule has 0 aliphatic rings. The average Bonchev–Trinajstić information content (AvgIpc) is 3.02. The Morgan fingerprint density at radius 2 is 1.78 bits per heavy atom. The minimum Gasteiger partial charge on any atom is -0.341 e. The van der Waals surface area contributed by atoms with Gasteiger partial charge in [0, 0.05) is 44.2 Å². The van der Waals surface area contributed by atoms with Gasteiger partial charge in [0.15, 0.2) is 0 Å². The van der Waals surface area contributed by atoms with Crippen molar-refractivity contribution in [1.29, 1.82) is 0 Å². The first kappa shape index (κ1) is 14.3. The number of rotatable bonds is 1. The zero-order chi connectivity index (χ0) is 16.3. The first-order valence-electron chi connectivity index (χ1n) is 7.65. The number of hydrogen-bond donors (Lipinski definition) is 1. The lowest BCUT2D eigenvalue weighted by Gasteiger charge is -2.06. The van der Waals surface area contributed by atoms with E-state index in [0.29, 0.717) is 0 Å². The number of hydrogen-bond acceptors (Lipinski definition) is 2. The molecular formula is C19H18N2OS. The second-order valence-electron chi connectivity index (χ2n) is 6.19. The lowest BCUT2D eigenvalue weighted by molar-refractivity contribution is 0.896. The molecule has 3 heterocycles. The van der Waals surface area contributed by atoms with Crippen LogP contribution in [0.15, 0.2) is 35.1 Å². The average molecular weight is 322 g/mol. The molecule has 0 saturated heterocycles. The Kier molecular flexibility index (Phi) is 3.00. The fraction of sp³-hybridized carbons (Fsp3) is 0.211. The zero-order valence-electron chi connectivity index (χ0n) is 13.7. The van der Waals surface area contributed by atoms with Gasteiger partial charge in [-0.15, -0.1) is 11.3 Å². The standard InChI is InChI=1S/C19H18N2OS/c1-10-5-6-17-14(7-10)15-9-16(13-8-11(2)23-12(13)3)19(22)21(4)18(15)20-17/h5-9,20H,1-4H3. The van der Waals surface area contributed by atoms with Gasteiger partial charge in [0.2, 0.25) is 0 Å². The van der Waals surface area contributed by atoms with E-state index in [1.165, 1.54) is 20.7 Å². The summed E-state index contributed by atoms with van der Waals surface area (Å²) in [6.07, 6.45) is 0. The number of pyridine rings is 1. The summed E-state index contributed by atoms with van der Waals surface area (Å²) in [7, 11) is 1.84. The zero-order valence-corrected chi connectivity index (χ0v) is 14.5. The van der Waals surface area contributed by atoms with E-state index in [4.69, 9.17) is 0 Å². The van der Waals surface area contributed by atoms with Crippen LogP contribution in [0, 0.1) is 20.8 Å². The molecule has 4 rings (SSSR count). The molecule has 1 N–H and O–H groups in total. The number of aromatic nitrogens is 2. The number of nitrogens with zero attached hydrogens (tertiary/aromatic N) is 1. The highest BCUT2D eigenvalue weighted by molar-refractivity contribution is 7.12. The van der Waals surface area contributed by atoms with Gasteiger partial charge in [-0.2, -0.15) is 0 Å². The summed E-state index contributed by atoms with van der Waals surface area (Å²) in [5, 5.41) is 2.27. The molecule has 0 atom stereocenters. The van der Waals surface area contributed by atoms with Crippen LogP contribution in [0.5, 0.6) is 0 Å². The highest BCUT2D eigenvalue weighted by atomic mass is 32.1. The lowest BCUT2D eigenvalue weighted by Crippen LogP contribution is -2.18. The first-order valence-corrected chi connectivity index (χ1v) is 8.47. The summed E-state index contributed by atoms with van der Waals surface area (Å²) in [5.74, 6) is 0. The molecule has 0 fully saturated rings. The summed E-state index contributed by atoms with van der Waals surface area (Å²) in [6.45, 7) is 6.25. The van der Waals surface area contributed by atoms with Gasteiger partial charge in [-0.05, 0) is 45.0 Å². The van der Waals surface area contributed by atoms with Crippen LogP contribution in [0.4, 0.5) is 0 Å². The van der Waals surface area contributed by atoms with Crippen LogP contribution in [0.1, 0.15) is 15.3 Å². The van der Waals surface area contributed by atoms with E-state index in [9.17, 15) is 4.79 Å². The summed E-state index contributed by atoms with van der Waals surface area (Å²) >= 11 is 1.74. The highest BCUT2D eigenvalue weighted by Crippen LogP contribution is 2.32. The molecule has 1 aromatic carbocycles. The maximum absolute atomic E-state index is 12.8. The monoisotopic (exact) mass is 322 g/mol. The largest absolute Gasteiger partial charge is 0.341 e. The normalized spacial score (nSPS) is 11.7.